The van der Waals surface area contributed by atoms with Crippen LogP contribution >= 0.6 is 0 Å². The van der Waals surface area contributed by atoms with Crippen molar-refractivity contribution in [1.29, 1.82) is 0 Å². The zero-order valence-corrected chi connectivity index (χ0v) is 13.5. The molecule has 0 saturated heterocycles. The van der Waals surface area contributed by atoms with Crippen LogP contribution in [-0.2, 0) is 10.0 Å². The molecular formula is C14H25N3O2S. The van der Waals surface area contributed by atoms with Crippen molar-refractivity contribution >= 4 is 15.7 Å². The van der Waals surface area contributed by atoms with Crippen molar-refractivity contribution in [3.8, 4) is 0 Å². The Balaban J connectivity index is 2.99. The van der Waals surface area contributed by atoms with Crippen LogP contribution < -0.4 is 10.0 Å². The van der Waals surface area contributed by atoms with E-state index in [4.69, 9.17) is 0 Å². The van der Waals surface area contributed by atoms with Crippen LogP contribution in [0.4, 0.5) is 5.69 Å². The summed E-state index contributed by atoms with van der Waals surface area (Å²) in [6, 6.07) is 1.59. The number of sulfonamides is 1. The van der Waals surface area contributed by atoms with Crippen molar-refractivity contribution < 1.29 is 8.42 Å². The van der Waals surface area contributed by atoms with Gasteiger partial charge in [-0.3, -0.25) is 4.98 Å². The quantitative estimate of drug-likeness (QED) is 0.774. The molecule has 0 aliphatic carbocycles. The second-order valence-electron chi connectivity index (χ2n) is 4.89. The van der Waals surface area contributed by atoms with E-state index >= 15 is 0 Å². The highest BCUT2D eigenvalue weighted by molar-refractivity contribution is 7.89. The van der Waals surface area contributed by atoms with Gasteiger partial charge < -0.3 is 5.32 Å². The van der Waals surface area contributed by atoms with Gasteiger partial charge in [-0.1, -0.05) is 26.7 Å². The molecule has 0 radical (unpaired) electrons. The number of aromatic nitrogens is 1. The second-order valence-corrected chi connectivity index (χ2v) is 6.57. The first kappa shape index (κ1) is 16.9. The third-order valence-corrected chi connectivity index (χ3v) is 5.12. The monoisotopic (exact) mass is 299 g/mol. The average Bonchev–Trinajstić information content (AvgIpc) is 2.40. The fourth-order valence-electron chi connectivity index (χ4n) is 2.33. The molecule has 1 heterocycles. The molecule has 0 amide bonds. The van der Waals surface area contributed by atoms with Crippen molar-refractivity contribution in [2.75, 3.05) is 11.9 Å². The molecule has 0 saturated carbocycles. The summed E-state index contributed by atoms with van der Waals surface area (Å²) in [4.78, 5) is 4.14. The van der Waals surface area contributed by atoms with Gasteiger partial charge in [-0.15, -0.1) is 0 Å². The first-order valence-electron chi connectivity index (χ1n) is 7.16. The summed E-state index contributed by atoms with van der Waals surface area (Å²) in [5.41, 5.74) is 0.590. The molecule has 1 aromatic rings. The maximum atomic E-state index is 12.5. The van der Waals surface area contributed by atoms with Gasteiger partial charge in [-0.05, 0) is 25.8 Å². The van der Waals surface area contributed by atoms with Crippen molar-refractivity contribution in [2.45, 2.75) is 51.5 Å². The summed E-state index contributed by atoms with van der Waals surface area (Å²) in [5, 5.41) is 3.05. The van der Waals surface area contributed by atoms with Gasteiger partial charge in [0.2, 0.25) is 10.0 Å². The van der Waals surface area contributed by atoms with Crippen LogP contribution in [0, 0.1) is 5.92 Å². The van der Waals surface area contributed by atoms with Gasteiger partial charge in [0.15, 0.2) is 0 Å². The Bertz CT molecular complexity index is 513. The molecule has 0 spiro atoms. The first-order valence-corrected chi connectivity index (χ1v) is 8.64. The largest absolute Gasteiger partial charge is 0.384 e. The molecule has 0 aliphatic rings. The van der Waals surface area contributed by atoms with E-state index in [1.165, 1.54) is 6.20 Å². The van der Waals surface area contributed by atoms with Crippen LogP contribution in [-0.4, -0.2) is 26.0 Å². The van der Waals surface area contributed by atoms with E-state index in [1.54, 1.807) is 12.3 Å². The minimum atomic E-state index is -3.55. The van der Waals surface area contributed by atoms with E-state index in [9.17, 15) is 8.42 Å². The Morgan fingerprint density at radius 1 is 1.25 bits per heavy atom. The molecule has 1 rings (SSSR count). The second kappa shape index (κ2) is 7.59. The van der Waals surface area contributed by atoms with E-state index < -0.39 is 10.0 Å². The molecule has 1 aromatic heterocycles. The van der Waals surface area contributed by atoms with Crippen LogP contribution in [0.3, 0.4) is 0 Å². The minimum Gasteiger partial charge on any atom is -0.384 e. The highest BCUT2D eigenvalue weighted by atomic mass is 32.2. The normalized spacial score (nSPS) is 13.4. The molecule has 1 atom stereocenters. The molecule has 0 aromatic carbocycles. The highest BCUT2D eigenvalue weighted by Crippen LogP contribution is 2.21. The first-order chi connectivity index (χ1) is 9.46. The van der Waals surface area contributed by atoms with Crippen LogP contribution in [0.25, 0.3) is 0 Å². The topological polar surface area (TPSA) is 71.1 Å². The molecule has 0 fully saturated rings. The Kier molecular flexibility index (Phi) is 6.42. The summed E-state index contributed by atoms with van der Waals surface area (Å²) in [6.45, 7) is 8.66. The summed E-state index contributed by atoms with van der Waals surface area (Å²) in [7, 11) is -3.55. The zero-order chi connectivity index (χ0) is 15.2. The Hall–Kier alpha value is -1.14. The van der Waals surface area contributed by atoms with Gasteiger partial charge in [-0.25, -0.2) is 13.1 Å². The predicted octanol–water partition coefficient (Wildman–Crippen LogP) is 2.62. The van der Waals surface area contributed by atoms with Crippen molar-refractivity contribution in [3.05, 3.63) is 18.5 Å². The lowest BCUT2D eigenvalue weighted by Gasteiger charge is -2.23. The molecule has 6 heteroatoms. The summed E-state index contributed by atoms with van der Waals surface area (Å²) in [6.07, 6.45) is 4.88. The van der Waals surface area contributed by atoms with Crippen LogP contribution in [0.5, 0.6) is 0 Å². The minimum absolute atomic E-state index is 0.0929. The molecule has 2 N–H and O–H groups in total. The Morgan fingerprint density at radius 2 is 1.90 bits per heavy atom. The third-order valence-electron chi connectivity index (χ3n) is 3.54. The number of nitrogens with zero attached hydrogens (tertiary/aromatic N) is 1. The summed E-state index contributed by atoms with van der Waals surface area (Å²) >= 11 is 0. The van der Waals surface area contributed by atoms with Gasteiger partial charge in [0.25, 0.3) is 0 Å². The van der Waals surface area contributed by atoms with Gasteiger partial charge in [0, 0.05) is 25.0 Å². The van der Waals surface area contributed by atoms with Gasteiger partial charge in [0.1, 0.15) is 4.90 Å². The molecule has 1 unspecified atom stereocenters. The molecule has 5 nitrogen and oxygen atoms in total. The van der Waals surface area contributed by atoms with E-state index in [0.717, 1.165) is 12.8 Å². The van der Waals surface area contributed by atoms with Gasteiger partial charge in [0.05, 0.1) is 5.69 Å². The van der Waals surface area contributed by atoms with Crippen LogP contribution in [0.15, 0.2) is 23.4 Å². The van der Waals surface area contributed by atoms with E-state index in [0.29, 0.717) is 18.2 Å². The maximum Gasteiger partial charge on any atom is 0.244 e. The lowest BCUT2D eigenvalue weighted by molar-refractivity contribution is 0.391. The maximum absolute atomic E-state index is 12.5. The number of anilines is 1. The molecule has 20 heavy (non-hydrogen) atoms. The van der Waals surface area contributed by atoms with E-state index in [1.807, 2.05) is 13.8 Å². The van der Waals surface area contributed by atoms with Crippen molar-refractivity contribution in [3.63, 3.8) is 0 Å². The molecule has 0 bridgehead atoms. The number of hydrogen-bond acceptors (Lipinski definition) is 4. The molecule has 114 valence electrons. The average molecular weight is 299 g/mol. The SMILES string of the molecule is CCNc1ccncc1S(=O)(=O)NC(C)C(CC)CC. The molecule has 0 aliphatic heterocycles. The van der Waals surface area contributed by atoms with Crippen LogP contribution in [0.2, 0.25) is 0 Å². The zero-order valence-electron chi connectivity index (χ0n) is 12.7. The van der Waals surface area contributed by atoms with E-state index in [-0.39, 0.29) is 10.9 Å². The Morgan fingerprint density at radius 3 is 2.45 bits per heavy atom. The fraction of sp³-hybridized carbons (Fsp3) is 0.643. The fourth-order valence-corrected chi connectivity index (χ4v) is 3.77. The van der Waals surface area contributed by atoms with E-state index in [2.05, 4.69) is 28.9 Å². The van der Waals surface area contributed by atoms with Gasteiger partial charge >= 0.3 is 0 Å². The summed E-state index contributed by atoms with van der Waals surface area (Å²) < 4.78 is 27.7. The standard InChI is InChI=1S/C14H25N3O2S/c1-5-12(6-2)11(4)17-20(18,19)14-10-15-9-8-13(14)16-7-3/h8-12,17H,5-7H2,1-4H3,(H,15,16). The van der Waals surface area contributed by atoms with Gasteiger partial charge in [-0.2, -0.15) is 0 Å². The molecular weight excluding hydrogens is 274 g/mol. The number of nitrogens with one attached hydrogen (secondary N) is 2. The number of hydrogen-bond donors (Lipinski definition) is 2. The lowest BCUT2D eigenvalue weighted by atomic mass is 9.96. The number of pyridine rings is 1. The lowest BCUT2D eigenvalue weighted by Crippen LogP contribution is -2.38. The van der Waals surface area contributed by atoms with Crippen molar-refractivity contribution in [2.24, 2.45) is 5.92 Å². The number of rotatable bonds is 8. The summed E-state index contributed by atoms with van der Waals surface area (Å²) in [5.74, 6) is 0.337. The predicted molar refractivity (Wildman–Crippen MR) is 82.3 cm³/mol. The van der Waals surface area contributed by atoms with Crippen molar-refractivity contribution in [1.82, 2.24) is 9.71 Å². The third kappa shape index (κ3) is 4.18. The smallest absolute Gasteiger partial charge is 0.244 e. The van der Waals surface area contributed by atoms with Crippen LogP contribution in [0.1, 0.15) is 40.5 Å². The highest BCUT2D eigenvalue weighted by Gasteiger charge is 2.24. The Labute approximate surface area is 122 Å².